The third kappa shape index (κ3) is 3.38. The van der Waals surface area contributed by atoms with Gasteiger partial charge in [-0.2, -0.15) is 0 Å². The molecule has 0 unspecified atom stereocenters. The lowest BCUT2D eigenvalue weighted by Crippen LogP contribution is -2.40. The van der Waals surface area contributed by atoms with E-state index in [0.717, 1.165) is 38.4 Å². The molecule has 1 aromatic carbocycles. The number of morpholine rings is 1. The third-order valence-electron chi connectivity index (χ3n) is 3.14. The van der Waals surface area contributed by atoms with Gasteiger partial charge in [-0.05, 0) is 0 Å². The summed E-state index contributed by atoms with van der Waals surface area (Å²) in [5.41, 5.74) is 0.813. The van der Waals surface area contributed by atoms with Crippen LogP contribution in [0, 0.1) is 5.92 Å². The van der Waals surface area contributed by atoms with Crippen molar-refractivity contribution in [2.75, 3.05) is 32.8 Å². The topological polar surface area (TPSA) is 29.5 Å². The van der Waals surface area contributed by atoms with Gasteiger partial charge in [0.1, 0.15) is 0 Å². The van der Waals surface area contributed by atoms with E-state index in [4.69, 9.17) is 4.74 Å². The van der Waals surface area contributed by atoms with Crippen LogP contribution in [-0.4, -0.2) is 43.5 Å². The van der Waals surface area contributed by atoms with Crippen molar-refractivity contribution in [3.8, 4) is 0 Å². The number of carbonyl (C=O) groups excluding carboxylic acids is 1. The molecule has 1 saturated heterocycles. The zero-order chi connectivity index (χ0) is 12.1. The second-order valence-electron chi connectivity index (χ2n) is 4.54. The number of hydrogen-bond acceptors (Lipinski definition) is 3. The van der Waals surface area contributed by atoms with E-state index in [1.54, 1.807) is 0 Å². The summed E-state index contributed by atoms with van der Waals surface area (Å²) in [4.78, 5) is 14.5. The zero-order valence-electron chi connectivity index (χ0n) is 10.3. The highest BCUT2D eigenvalue weighted by atomic mass is 16.5. The Kier molecular flexibility index (Phi) is 4.29. The first-order valence-corrected chi connectivity index (χ1v) is 6.17. The van der Waals surface area contributed by atoms with E-state index in [-0.39, 0.29) is 11.7 Å². The van der Waals surface area contributed by atoms with Crippen LogP contribution in [0.25, 0.3) is 0 Å². The maximum atomic E-state index is 12.2. The van der Waals surface area contributed by atoms with Gasteiger partial charge in [-0.1, -0.05) is 37.3 Å². The van der Waals surface area contributed by atoms with Crippen molar-refractivity contribution in [2.24, 2.45) is 5.92 Å². The molecule has 1 aliphatic rings. The van der Waals surface area contributed by atoms with Crippen molar-refractivity contribution in [1.82, 2.24) is 4.90 Å². The number of carbonyl (C=O) groups is 1. The highest BCUT2D eigenvalue weighted by molar-refractivity contribution is 5.97. The van der Waals surface area contributed by atoms with Gasteiger partial charge in [-0.3, -0.25) is 9.69 Å². The van der Waals surface area contributed by atoms with Crippen LogP contribution in [0.2, 0.25) is 0 Å². The minimum absolute atomic E-state index is 0.0514. The lowest BCUT2D eigenvalue weighted by atomic mass is 9.99. The monoisotopic (exact) mass is 233 g/mol. The van der Waals surface area contributed by atoms with Gasteiger partial charge in [0.2, 0.25) is 0 Å². The summed E-state index contributed by atoms with van der Waals surface area (Å²) in [5.74, 6) is 0.285. The standard InChI is InChI=1S/C14H19NO2/c1-12(11-15-7-9-17-10-8-15)14(16)13-5-3-2-4-6-13/h2-6,12H,7-11H2,1H3/t12-/m1/s1. The number of benzene rings is 1. The molecule has 0 bridgehead atoms. The minimum atomic E-state index is 0.0514. The Hall–Kier alpha value is -1.19. The van der Waals surface area contributed by atoms with Gasteiger partial charge in [-0.25, -0.2) is 0 Å². The third-order valence-corrected chi connectivity index (χ3v) is 3.14. The lowest BCUT2D eigenvalue weighted by Gasteiger charge is -2.28. The van der Waals surface area contributed by atoms with Crippen LogP contribution in [0.15, 0.2) is 30.3 Å². The largest absolute Gasteiger partial charge is 0.379 e. The molecule has 0 spiro atoms. The lowest BCUT2D eigenvalue weighted by molar-refractivity contribution is 0.0313. The van der Waals surface area contributed by atoms with E-state index in [2.05, 4.69) is 4.90 Å². The second-order valence-corrected chi connectivity index (χ2v) is 4.54. The van der Waals surface area contributed by atoms with Gasteiger partial charge in [0, 0.05) is 31.1 Å². The zero-order valence-corrected chi connectivity index (χ0v) is 10.3. The predicted octanol–water partition coefficient (Wildman–Crippen LogP) is 1.84. The maximum absolute atomic E-state index is 12.2. The molecule has 0 radical (unpaired) electrons. The van der Waals surface area contributed by atoms with Crippen LogP contribution in [0.4, 0.5) is 0 Å². The number of hydrogen-bond donors (Lipinski definition) is 0. The van der Waals surface area contributed by atoms with Gasteiger partial charge < -0.3 is 4.74 Å². The highest BCUT2D eigenvalue weighted by Crippen LogP contribution is 2.11. The van der Waals surface area contributed by atoms with Crippen molar-refractivity contribution in [3.05, 3.63) is 35.9 Å². The van der Waals surface area contributed by atoms with Crippen LogP contribution in [-0.2, 0) is 4.74 Å². The summed E-state index contributed by atoms with van der Waals surface area (Å²) in [7, 11) is 0. The molecule has 3 heteroatoms. The van der Waals surface area contributed by atoms with Crippen LogP contribution in [0.3, 0.4) is 0 Å². The molecule has 0 aromatic heterocycles. The molecule has 1 heterocycles. The molecule has 17 heavy (non-hydrogen) atoms. The molecule has 2 rings (SSSR count). The Morgan fingerprint density at radius 1 is 1.29 bits per heavy atom. The summed E-state index contributed by atoms with van der Waals surface area (Å²) in [6.07, 6.45) is 0. The summed E-state index contributed by atoms with van der Waals surface area (Å²) in [6, 6.07) is 9.53. The normalized spacial score (nSPS) is 18.9. The molecular formula is C14H19NO2. The van der Waals surface area contributed by atoms with Gasteiger partial charge in [0.05, 0.1) is 13.2 Å². The first-order valence-electron chi connectivity index (χ1n) is 6.17. The number of ether oxygens (including phenoxy) is 1. The summed E-state index contributed by atoms with van der Waals surface area (Å²) in [5, 5.41) is 0. The number of ketones is 1. The molecule has 3 nitrogen and oxygen atoms in total. The van der Waals surface area contributed by atoms with Crippen molar-refractivity contribution in [1.29, 1.82) is 0 Å². The quantitative estimate of drug-likeness (QED) is 0.743. The number of Topliss-reactive ketones (excluding diaryl/α,β-unsaturated/α-hetero) is 1. The fraction of sp³-hybridized carbons (Fsp3) is 0.500. The van der Waals surface area contributed by atoms with E-state index in [1.807, 2.05) is 37.3 Å². The van der Waals surface area contributed by atoms with E-state index in [9.17, 15) is 4.79 Å². The van der Waals surface area contributed by atoms with E-state index >= 15 is 0 Å². The molecule has 1 fully saturated rings. The van der Waals surface area contributed by atoms with E-state index < -0.39 is 0 Å². The Bertz CT molecular complexity index is 358. The maximum Gasteiger partial charge on any atom is 0.166 e. The first-order chi connectivity index (χ1) is 8.27. The highest BCUT2D eigenvalue weighted by Gasteiger charge is 2.19. The average Bonchev–Trinajstić information content (AvgIpc) is 2.40. The van der Waals surface area contributed by atoms with Crippen molar-refractivity contribution in [2.45, 2.75) is 6.92 Å². The molecule has 0 amide bonds. The summed E-state index contributed by atoms with van der Waals surface area (Å²) < 4.78 is 5.30. The van der Waals surface area contributed by atoms with E-state index in [0.29, 0.717) is 0 Å². The minimum Gasteiger partial charge on any atom is -0.379 e. The molecule has 1 aliphatic heterocycles. The fourth-order valence-electron chi connectivity index (χ4n) is 2.14. The fourth-order valence-corrected chi connectivity index (χ4v) is 2.14. The van der Waals surface area contributed by atoms with Gasteiger partial charge in [0.25, 0.3) is 0 Å². The number of nitrogens with zero attached hydrogens (tertiary/aromatic N) is 1. The van der Waals surface area contributed by atoms with E-state index in [1.165, 1.54) is 0 Å². The Morgan fingerprint density at radius 2 is 1.94 bits per heavy atom. The molecule has 1 atom stereocenters. The summed E-state index contributed by atoms with van der Waals surface area (Å²) >= 11 is 0. The Morgan fingerprint density at radius 3 is 2.59 bits per heavy atom. The van der Waals surface area contributed by atoms with Gasteiger partial charge in [-0.15, -0.1) is 0 Å². The molecular weight excluding hydrogens is 214 g/mol. The van der Waals surface area contributed by atoms with Crippen LogP contribution in [0.5, 0.6) is 0 Å². The average molecular weight is 233 g/mol. The Balaban J connectivity index is 1.91. The first kappa shape index (κ1) is 12.3. The Labute approximate surface area is 102 Å². The molecule has 0 aliphatic carbocycles. The smallest absolute Gasteiger partial charge is 0.166 e. The van der Waals surface area contributed by atoms with Crippen LogP contribution >= 0.6 is 0 Å². The predicted molar refractivity (Wildman–Crippen MR) is 67.2 cm³/mol. The second kappa shape index (κ2) is 5.94. The van der Waals surface area contributed by atoms with Crippen molar-refractivity contribution >= 4 is 5.78 Å². The van der Waals surface area contributed by atoms with Gasteiger partial charge in [0.15, 0.2) is 5.78 Å². The van der Waals surface area contributed by atoms with Crippen LogP contribution < -0.4 is 0 Å². The molecule has 0 saturated carbocycles. The SMILES string of the molecule is C[C@H](CN1CCOCC1)C(=O)c1ccccc1. The molecule has 92 valence electrons. The molecule has 1 aromatic rings. The van der Waals surface area contributed by atoms with Gasteiger partial charge >= 0.3 is 0 Å². The molecule has 0 N–H and O–H groups in total. The summed E-state index contributed by atoms with van der Waals surface area (Å²) in [6.45, 7) is 6.28. The van der Waals surface area contributed by atoms with Crippen LogP contribution in [0.1, 0.15) is 17.3 Å². The number of rotatable bonds is 4. The van der Waals surface area contributed by atoms with Crippen molar-refractivity contribution < 1.29 is 9.53 Å². The van der Waals surface area contributed by atoms with Crippen molar-refractivity contribution in [3.63, 3.8) is 0 Å².